The molecule has 0 aromatic rings. The van der Waals surface area contributed by atoms with Crippen LogP contribution in [0.4, 0.5) is 8.78 Å². The number of alkyl halides is 2. The van der Waals surface area contributed by atoms with E-state index in [2.05, 4.69) is 4.74 Å². The van der Waals surface area contributed by atoms with Crippen molar-refractivity contribution in [1.29, 1.82) is 0 Å². The van der Waals surface area contributed by atoms with Gasteiger partial charge in [-0.1, -0.05) is 0 Å². The van der Waals surface area contributed by atoms with Crippen LogP contribution in [0.2, 0.25) is 0 Å². The van der Waals surface area contributed by atoms with Gasteiger partial charge in [-0.25, -0.2) is 13.6 Å². The molecule has 0 N–H and O–H groups in total. The first kappa shape index (κ1) is 10.3. The van der Waals surface area contributed by atoms with Crippen LogP contribution in [0, 0.1) is 0 Å². The van der Waals surface area contributed by atoms with Gasteiger partial charge in [0.05, 0.1) is 0 Å². The average Bonchev–Trinajstić information content (AvgIpc) is 1.82. The minimum Gasteiger partial charge on any atom is -0.458 e. The van der Waals surface area contributed by atoms with Crippen molar-refractivity contribution < 1.29 is 18.3 Å². The molecule has 11 heavy (non-hydrogen) atoms. The van der Waals surface area contributed by atoms with Gasteiger partial charge in [-0.05, 0) is 20.8 Å². The SMILES string of the molecule is CC(C)(C)OC(=O)C(F)CF. The molecule has 1 atom stereocenters. The van der Waals surface area contributed by atoms with E-state index < -0.39 is 24.4 Å². The molecule has 0 saturated heterocycles. The van der Waals surface area contributed by atoms with Crippen LogP contribution < -0.4 is 0 Å². The number of halogens is 2. The molecule has 1 unspecified atom stereocenters. The molecular weight excluding hydrogens is 154 g/mol. The van der Waals surface area contributed by atoms with Gasteiger partial charge in [0.2, 0.25) is 6.17 Å². The first-order valence-corrected chi connectivity index (χ1v) is 3.29. The molecule has 0 aromatic carbocycles. The second kappa shape index (κ2) is 3.64. The second-order valence-electron chi connectivity index (χ2n) is 3.16. The molecule has 0 bridgehead atoms. The molecule has 0 amide bonds. The summed E-state index contributed by atoms with van der Waals surface area (Å²) in [7, 11) is 0. The van der Waals surface area contributed by atoms with Crippen LogP contribution in [0.25, 0.3) is 0 Å². The van der Waals surface area contributed by atoms with Crippen molar-refractivity contribution in [2.24, 2.45) is 0 Å². The summed E-state index contributed by atoms with van der Waals surface area (Å²) in [5.41, 5.74) is -0.753. The lowest BCUT2D eigenvalue weighted by molar-refractivity contribution is -0.161. The number of carbonyl (C=O) groups excluding carboxylic acids is 1. The third kappa shape index (κ3) is 4.70. The lowest BCUT2D eigenvalue weighted by atomic mass is 10.2. The van der Waals surface area contributed by atoms with Gasteiger partial charge in [-0.2, -0.15) is 0 Å². The molecule has 0 fully saturated rings. The van der Waals surface area contributed by atoms with Crippen molar-refractivity contribution in [3.63, 3.8) is 0 Å². The summed E-state index contributed by atoms with van der Waals surface area (Å²) in [6, 6.07) is 0. The van der Waals surface area contributed by atoms with Crippen LogP contribution in [0.5, 0.6) is 0 Å². The molecule has 0 aliphatic heterocycles. The molecule has 0 aromatic heterocycles. The number of ether oxygens (including phenoxy) is 1. The van der Waals surface area contributed by atoms with E-state index in [0.29, 0.717) is 0 Å². The normalized spacial score (nSPS) is 14.3. The standard InChI is InChI=1S/C7H12F2O2/c1-7(2,3)11-6(10)5(9)4-8/h5H,4H2,1-3H3. The zero-order chi connectivity index (χ0) is 9.07. The highest BCUT2D eigenvalue weighted by molar-refractivity contribution is 5.75. The lowest BCUT2D eigenvalue weighted by Crippen LogP contribution is -2.30. The van der Waals surface area contributed by atoms with Gasteiger partial charge in [0.1, 0.15) is 12.3 Å². The van der Waals surface area contributed by atoms with Crippen molar-refractivity contribution >= 4 is 5.97 Å². The van der Waals surface area contributed by atoms with Gasteiger partial charge in [0.15, 0.2) is 0 Å². The maximum absolute atomic E-state index is 12.2. The molecular formula is C7H12F2O2. The van der Waals surface area contributed by atoms with E-state index in [4.69, 9.17) is 0 Å². The van der Waals surface area contributed by atoms with E-state index in [9.17, 15) is 13.6 Å². The number of hydrogen-bond donors (Lipinski definition) is 0. The highest BCUT2D eigenvalue weighted by atomic mass is 19.2. The molecule has 2 nitrogen and oxygen atoms in total. The summed E-state index contributed by atoms with van der Waals surface area (Å²) in [6.45, 7) is 3.45. The van der Waals surface area contributed by atoms with E-state index >= 15 is 0 Å². The topological polar surface area (TPSA) is 26.3 Å². The van der Waals surface area contributed by atoms with E-state index in [0.717, 1.165) is 0 Å². The Labute approximate surface area is 64.5 Å². The van der Waals surface area contributed by atoms with Crippen LogP contribution in [0.1, 0.15) is 20.8 Å². The average molecular weight is 166 g/mol. The fourth-order valence-corrected chi connectivity index (χ4v) is 0.429. The quantitative estimate of drug-likeness (QED) is 0.583. The van der Waals surface area contributed by atoms with Crippen LogP contribution in [-0.2, 0) is 9.53 Å². The van der Waals surface area contributed by atoms with E-state index in [1.165, 1.54) is 0 Å². The molecule has 0 aliphatic rings. The van der Waals surface area contributed by atoms with Gasteiger partial charge in [0, 0.05) is 0 Å². The van der Waals surface area contributed by atoms with Crippen LogP contribution in [-0.4, -0.2) is 24.4 Å². The zero-order valence-electron chi connectivity index (χ0n) is 6.86. The summed E-state index contributed by atoms with van der Waals surface area (Å²) in [5.74, 6) is -1.14. The van der Waals surface area contributed by atoms with Gasteiger partial charge in [0.25, 0.3) is 0 Å². The number of esters is 1. The lowest BCUT2D eigenvalue weighted by Gasteiger charge is -2.19. The summed E-state index contributed by atoms with van der Waals surface area (Å²) < 4.78 is 28.3. The molecule has 0 radical (unpaired) electrons. The first-order valence-electron chi connectivity index (χ1n) is 3.29. The minimum atomic E-state index is -2.14. The van der Waals surface area contributed by atoms with Crippen molar-refractivity contribution in [1.82, 2.24) is 0 Å². The molecule has 0 rings (SSSR count). The molecule has 0 aliphatic carbocycles. The Balaban J connectivity index is 3.88. The number of carbonyl (C=O) groups is 1. The highest BCUT2D eigenvalue weighted by Gasteiger charge is 2.24. The fraction of sp³-hybridized carbons (Fsp3) is 0.857. The Kier molecular flexibility index (Phi) is 3.42. The third-order valence-corrected chi connectivity index (χ3v) is 0.798. The number of hydrogen-bond acceptors (Lipinski definition) is 2. The van der Waals surface area contributed by atoms with Crippen LogP contribution in [0.15, 0.2) is 0 Å². The molecule has 0 saturated carbocycles. The van der Waals surface area contributed by atoms with Gasteiger partial charge in [-0.3, -0.25) is 0 Å². The van der Waals surface area contributed by atoms with Crippen molar-refractivity contribution in [3.8, 4) is 0 Å². The molecule has 0 spiro atoms. The Hall–Kier alpha value is -0.670. The summed E-state index contributed by atoms with van der Waals surface area (Å²) in [6.07, 6.45) is -2.14. The van der Waals surface area contributed by atoms with E-state index in [-0.39, 0.29) is 0 Å². The summed E-state index contributed by atoms with van der Waals surface area (Å²) >= 11 is 0. The molecule has 66 valence electrons. The van der Waals surface area contributed by atoms with E-state index in [1.54, 1.807) is 20.8 Å². The predicted octanol–water partition coefficient (Wildman–Crippen LogP) is 1.64. The Bertz CT molecular complexity index is 140. The predicted molar refractivity (Wildman–Crippen MR) is 36.7 cm³/mol. The third-order valence-electron chi connectivity index (χ3n) is 0.798. The monoisotopic (exact) mass is 166 g/mol. The van der Waals surface area contributed by atoms with Crippen molar-refractivity contribution in [2.75, 3.05) is 6.67 Å². The zero-order valence-corrected chi connectivity index (χ0v) is 6.86. The Morgan fingerprint density at radius 2 is 2.00 bits per heavy atom. The van der Waals surface area contributed by atoms with Crippen LogP contribution >= 0.6 is 0 Å². The molecule has 4 heteroatoms. The van der Waals surface area contributed by atoms with E-state index in [1.807, 2.05) is 0 Å². The van der Waals surface area contributed by atoms with Crippen LogP contribution in [0.3, 0.4) is 0 Å². The van der Waals surface area contributed by atoms with Crippen molar-refractivity contribution in [3.05, 3.63) is 0 Å². The highest BCUT2D eigenvalue weighted by Crippen LogP contribution is 2.09. The minimum absolute atomic E-state index is 0.753. The van der Waals surface area contributed by atoms with Gasteiger partial charge >= 0.3 is 5.97 Å². The fourth-order valence-electron chi connectivity index (χ4n) is 0.429. The smallest absolute Gasteiger partial charge is 0.344 e. The molecule has 0 heterocycles. The Morgan fingerprint density at radius 1 is 1.55 bits per heavy atom. The Morgan fingerprint density at radius 3 is 2.27 bits per heavy atom. The second-order valence-corrected chi connectivity index (χ2v) is 3.16. The summed E-state index contributed by atoms with van der Waals surface area (Å²) in [5, 5.41) is 0. The number of rotatable bonds is 2. The van der Waals surface area contributed by atoms with Gasteiger partial charge < -0.3 is 4.74 Å². The van der Waals surface area contributed by atoms with Crippen molar-refractivity contribution in [2.45, 2.75) is 32.5 Å². The maximum Gasteiger partial charge on any atom is 0.344 e. The van der Waals surface area contributed by atoms with Gasteiger partial charge in [-0.15, -0.1) is 0 Å². The largest absolute Gasteiger partial charge is 0.458 e. The first-order chi connectivity index (χ1) is 4.87. The summed E-state index contributed by atoms with van der Waals surface area (Å²) in [4.78, 5) is 10.6. The maximum atomic E-state index is 12.2.